The molecule has 0 aromatic heterocycles. The van der Waals surface area contributed by atoms with E-state index < -0.39 is 16.8 Å². The Morgan fingerprint density at radius 2 is 2.06 bits per heavy atom. The van der Waals surface area contributed by atoms with Gasteiger partial charge < -0.3 is 4.74 Å². The summed E-state index contributed by atoms with van der Waals surface area (Å²) in [6, 6.07) is 7.06. The van der Waals surface area contributed by atoms with E-state index in [0.717, 1.165) is 4.47 Å². The average molecular weight is 303 g/mol. The quantitative estimate of drug-likeness (QED) is 0.634. The lowest BCUT2D eigenvalue weighted by Gasteiger charge is -1.97. The molecule has 0 heterocycles. The first-order chi connectivity index (χ1) is 7.63. The van der Waals surface area contributed by atoms with E-state index in [9.17, 15) is 9.00 Å². The third kappa shape index (κ3) is 4.28. The first kappa shape index (κ1) is 13.1. The van der Waals surface area contributed by atoms with Crippen molar-refractivity contribution in [1.29, 1.82) is 0 Å². The van der Waals surface area contributed by atoms with Gasteiger partial charge in [-0.25, -0.2) is 9.00 Å². The second-order valence-electron chi connectivity index (χ2n) is 2.81. The lowest BCUT2D eigenvalue weighted by atomic mass is 10.4. The number of benzene rings is 1. The van der Waals surface area contributed by atoms with E-state index in [2.05, 4.69) is 20.7 Å². The number of hydrogen-bond acceptors (Lipinski definition) is 3. The molecule has 86 valence electrons. The molecule has 0 saturated heterocycles. The summed E-state index contributed by atoms with van der Waals surface area (Å²) in [5.74, 6) is -0.479. The van der Waals surface area contributed by atoms with Crippen LogP contribution in [0.2, 0.25) is 0 Å². The van der Waals surface area contributed by atoms with E-state index in [1.165, 1.54) is 11.5 Å². The largest absolute Gasteiger partial charge is 0.463 e. The predicted molar refractivity (Wildman–Crippen MR) is 66.3 cm³/mol. The van der Waals surface area contributed by atoms with Gasteiger partial charge >= 0.3 is 5.97 Å². The van der Waals surface area contributed by atoms with Gasteiger partial charge in [0.05, 0.1) is 17.4 Å². The highest BCUT2D eigenvalue weighted by Crippen LogP contribution is 2.13. The van der Waals surface area contributed by atoms with Crippen LogP contribution in [-0.2, 0) is 20.3 Å². The molecule has 1 aromatic rings. The highest BCUT2D eigenvalue weighted by molar-refractivity contribution is 9.10. The van der Waals surface area contributed by atoms with Crippen molar-refractivity contribution in [2.75, 3.05) is 6.61 Å². The Bertz CT molecular complexity index is 412. The van der Waals surface area contributed by atoms with Gasteiger partial charge in [0.1, 0.15) is 0 Å². The second kappa shape index (κ2) is 6.60. The van der Waals surface area contributed by atoms with Crippen LogP contribution in [0.4, 0.5) is 0 Å². The smallest absolute Gasteiger partial charge is 0.331 e. The van der Waals surface area contributed by atoms with Crippen LogP contribution in [0.1, 0.15) is 6.92 Å². The molecule has 0 amide bonds. The fraction of sp³-hybridized carbons (Fsp3) is 0.182. The average Bonchev–Trinajstić information content (AvgIpc) is 2.27. The Hall–Kier alpha value is -0.940. The number of rotatable bonds is 4. The zero-order valence-electron chi connectivity index (χ0n) is 8.68. The van der Waals surface area contributed by atoms with Crippen LogP contribution in [0.25, 0.3) is 0 Å². The van der Waals surface area contributed by atoms with E-state index in [1.807, 2.05) is 0 Å². The van der Waals surface area contributed by atoms with Crippen molar-refractivity contribution in [1.82, 2.24) is 0 Å². The van der Waals surface area contributed by atoms with Crippen molar-refractivity contribution in [2.24, 2.45) is 0 Å². The minimum Gasteiger partial charge on any atom is -0.463 e. The molecule has 0 spiro atoms. The van der Waals surface area contributed by atoms with Crippen molar-refractivity contribution < 1.29 is 13.7 Å². The third-order valence-electron chi connectivity index (χ3n) is 1.66. The lowest BCUT2D eigenvalue weighted by Crippen LogP contribution is -1.99. The van der Waals surface area contributed by atoms with Gasteiger partial charge in [0.25, 0.3) is 0 Å². The van der Waals surface area contributed by atoms with Crippen LogP contribution in [-0.4, -0.2) is 16.8 Å². The molecule has 0 N–H and O–H groups in total. The minimum atomic E-state index is -1.32. The van der Waals surface area contributed by atoms with E-state index in [1.54, 1.807) is 31.2 Å². The molecule has 0 radical (unpaired) electrons. The van der Waals surface area contributed by atoms with Gasteiger partial charge in [-0.1, -0.05) is 15.9 Å². The molecule has 1 aromatic carbocycles. The molecule has 1 rings (SSSR count). The highest BCUT2D eigenvalue weighted by atomic mass is 79.9. The monoisotopic (exact) mass is 302 g/mol. The molecule has 0 bridgehead atoms. The van der Waals surface area contributed by atoms with Crippen molar-refractivity contribution in [2.45, 2.75) is 11.8 Å². The molecule has 3 nitrogen and oxygen atoms in total. The highest BCUT2D eigenvalue weighted by Gasteiger charge is 2.01. The fourth-order valence-corrected chi connectivity index (χ4v) is 2.02. The zero-order valence-corrected chi connectivity index (χ0v) is 11.1. The maximum atomic E-state index is 11.7. The van der Waals surface area contributed by atoms with Crippen LogP contribution >= 0.6 is 15.9 Å². The summed E-state index contributed by atoms with van der Waals surface area (Å²) >= 11 is 3.29. The number of ether oxygens (including phenoxy) is 1. The van der Waals surface area contributed by atoms with Crippen molar-refractivity contribution in [3.05, 3.63) is 40.2 Å². The Kier molecular flexibility index (Phi) is 5.42. The van der Waals surface area contributed by atoms with Crippen LogP contribution in [0.5, 0.6) is 0 Å². The Morgan fingerprint density at radius 1 is 1.44 bits per heavy atom. The Labute approximate surface area is 105 Å². The number of hydrogen-bond donors (Lipinski definition) is 0. The molecule has 1 atom stereocenters. The number of carbonyl (C=O) groups is 1. The minimum absolute atomic E-state index is 0.314. The Balaban J connectivity index is 2.65. The van der Waals surface area contributed by atoms with Gasteiger partial charge in [0.15, 0.2) is 0 Å². The summed E-state index contributed by atoms with van der Waals surface area (Å²) in [6.07, 6.45) is 1.18. The van der Waals surface area contributed by atoms with Gasteiger partial charge in [-0.2, -0.15) is 0 Å². The van der Waals surface area contributed by atoms with E-state index >= 15 is 0 Å². The molecule has 0 fully saturated rings. The topological polar surface area (TPSA) is 43.4 Å². The van der Waals surface area contributed by atoms with Gasteiger partial charge in [-0.15, -0.1) is 0 Å². The first-order valence-corrected chi connectivity index (χ1v) is 6.65. The SMILES string of the molecule is CCOC(=O)/C=C/S(=O)c1ccc(Br)cc1. The summed E-state index contributed by atoms with van der Waals surface area (Å²) in [5.41, 5.74) is 0. The zero-order chi connectivity index (χ0) is 12.0. The lowest BCUT2D eigenvalue weighted by molar-refractivity contribution is -0.137. The van der Waals surface area contributed by atoms with E-state index in [4.69, 9.17) is 0 Å². The van der Waals surface area contributed by atoms with Gasteiger partial charge in [0, 0.05) is 20.9 Å². The number of halogens is 1. The summed E-state index contributed by atoms with van der Waals surface area (Å²) in [4.78, 5) is 11.6. The molecule has 5 heteroatoms. The fourth-order valence-electron chi connectivity index (χ4n) is 0.955. The molecule has 16 heavy (non-hydrogen) atoms. The summed E-state index contributed by atoms with van der Waals surface area (Å²) in [6.45, 7) is 2.03. The van der Waals surface area contributed by atoms with Crippen molar-refractivity contribution in [3.8, 4) is 0 Å². The molecule has 0 aliphatic rings. The summed E-state index contributed by atoms with van der Waals surface area (Å²) < 4.78 is 17.3. The molecular weight excluding hydrogens is 292 g/mol. The molecule has 0 aliphatic heterocycles. The van der Waals surface area contributed by atoms with E-state index in [0.29, 0.717) is 11.5 Å². The summed E-state index contributed by atoms with van der Waals surface area (Å²) in [5, 5.41) is 1.32. The standard InChI is InChI=1S/C11H11BrO3S/c1-2-15-11(13)7-8-16(14)10-5-3-9(12)4-6-10/h3-8H,2H2,1H3/b8-7+. The van der Waals surface area contributed by atoms with Crippen LogP contribution < -0.4 is 0 Å². The predicted octanol–water partition coefficient (Wildman–Crippen LogP) is 2.63. The molecule has 0 saturated carbocycles. The first-order valence-electron chi connectivity index (χ1n) is 4.64. The molecule has 1 unspecified atom stereocenters. The molecule has 0 aliphatic carbocycles. The van der Waals surface area contributed by atoms with Crippen molar-refractivity contribution in [3.63, 3.8) is 0 Å². The Morgan fingerprint density at radius 3 is 2.62 bits per heavy atom. The van der Waals surface area contributed by atoms with E-state index in [-0.39, 0.29) is 0 Å². The molecular formula is C11H11BrO3S. The van der Waals surface area contributed by atoms with Crippen LogP contribution in [0.3, 0.4) is 0 Å². The number of carbonyl (C=O) groups excluding carboxylic acids is 1. The maximum absolute atomic E-state index is 11.7. The van der Waals surface area contributed by atoms with Gasteiger partial charge in [-0.3, -0.25) is 0 Å². The number of esters is 1. The van der Waals surface area contributed by atoms with Crippen molar-refractivity contribution >= 4 is 32.7 Å². The normalized spacial score (nSPS) is 12.6. The van der Waals surface area contributed by atoms with Crippen LogP contribution in [0, 0.1) is 0 Å². The third-order valence-corrected chi connectivity index (χ3v) is 3.31. The van der Waals surface area contributed by atoms with Crippen LogP contribution in [0.15, 0.2) is 45.1 Å². The maximum Gasteiger partial charge on any atom is 0.331 e. The second-order valence-corrected chi connectivity index (χ2v) is 5.06. The van der Waals surface area contributed by atoms with Gasteiger partial charge in [0.2, 0.25) is 0 Å². The van der Waals surface area contributed by atoms with Gasteiger partial charge in [-0.05, 0) is 31.2 Å². The summed E-state index contributed by atoms with van der Waals surface area (Å²) in [7, 11) is -1.32.